The molecule has 0 radical (unpaired) electrons. The molecule has 1 aromatic rings. The average Bonchev–Trinajstić information content (AvgIpc) is 2.67. The van der Waals surface area contributed by atoms with Crippen LogP contribution in [0.4, 0.5) is 0 Å². The normalized spacial score (nSPS) is 23.8. The van der Waals surface area contributed by atoms with Crippen LogP contribution in [0.3, 0.4) is 0 Å². The van der Waals surface area contributed by atoms with Crippen molar-refractivity contribution in [3.05, 3.63) is 32.3 Å². The minimum atomic E-state index is -3.13. The maximum atomic E-state index is 13.0. The summed E-state index contributed by atoms with van der Waals surface area (Å²) in [5.41, 5.74) is 1.48. The van der Waals surface area contributed by atoms with Crippen LogP contribution < -0.4 is 11.0 Å². The summed E-state index contributed by atoms with van der Waals surface area (Å²) in [6, 6.07) is 3.35. The Bertz CT molecular complexity index is 849. The van der Waals surface area contributed by atoms with E-state index in [0.717, 1.165) is 16.4 Å². The number of ether oxygens (including phenoxy) is 1. The standard InChI is InChI=1S/C18H25IN2O6S/c19-14-4-8-21(15(22)13-14)9-5-18(6-11-28(24,25)12-7-18)17(23)20-27-16-3-1-2-10-26-16/h4,8,13,16H,1-3,5-7,9-12H2,(H,20,23). The first-order valence-corrected chi connectivity index (χ1v) is 12.3. The van der Waals surface area contributed by atoms with Gasteiger partial charge in [0.25, 0.3) is 5.56 Å². The lowest BCUT2D eigenvalue weighted by atomic mass is 9.78. The molecule has 3 heterocycles. The van der Waals surface area contributed by atoms with Crippen molar-refractivity contribution < 1.29 is 22.8 Å². The number of pyridine rings is 1. The summed E-state index contributed by atoms with van der Waals surface area (Å²) >= 11 is 2.07. The minimum absolute atomic E-state index is 0.0397. The second-order valence-electron chi connectivity index (χ2n) is 7.40. The molecule has 1 amide bonds. The smallest absolute Gasteiger partial charge is 0.251 e. The van der Waals surface area contributed by atoms with E-state index >= 15 is 0 Å². The molecule has 0 spiro atoms. The van der Waals surface area contributed by atoms with E-state index in [1.807, 2.05) is 6.07 Å². The van der Waals surface area contributed by atoms with Gasteiger partial charge in [-0.2, -0.15) is 0 Å². The molecule has 0 aliphatic carbocycles. The van der Waals surface area contributed by atoms with E-state index in [4.69, 9.17) is 9.57 Å². The molecule has 1 atom stereocenters. The van der Waals surface area contributed by atoms with E-state index in [2.05, 4.69) is 28.1 Å². The molecule has 8 nitrogen and oxygen atoms in total. The molecular formula is C18H25IN2O6S. The number of hydrogen-bond acceptors (Lipinski definition) is 6. The van der Waals surface area contributed by atoms with Gasteiger partial charge in [0.05, 0.1) is 16.9 Å². The van der Waals surface area contributed by atoms with Gasteiger partial charge in [-0.25, -0.2) is 18.7 Å². The Kier molecular flexibility index (Phi) is 7.16. The quantitative estimate of drug-likeness (QED) is 0.448. The van der Waals surface area contributed by atoms with Gasteiger partial charge in [0.15, 0.2) is 6.29 Å². The van der Waals surface area contributed by atoms with Crippen molar-refractivity contribution in [3.63, 3.8) is 0 Å². The van der Waals surface area contributed by atoms with Gasteiger partial charge in [0.1, 0.15) is 9.84 Å². The molecule has 10 heteroatoms. The maximum absolute atomic E-state index is 13.0. The number of carbonyl (C=O) groups is 1. The van der Waals surface area contributed by atoms with Crippen LogP contribution in [-0.2, 0) is 30.8 Å². The fraction of sp³-hybridized carbons (Fsp3) is 0.667. The third kappa shape index (κ3) is 5.55. The zero-order valence-corrected chi connectivity index (χ0v) is 18.5. The highest BCUT2D eigenvalue weighted by Gasteiger charge is 2.43. The molecular weight excluding hydrogens is 499 g/mol. The van der Waals surface area contributed by atoms with Crippen LogP contribution in [0.1, 0.15) is 38.5 Å². The lowest BCUT2D eigenvalue weighted by molar-refractivity contribution is -0.205. The summed E-state index contributed by atoms with van der Waals surface area (Å²) in [5.74, 6) is -0.417. The number of amides is 1. The van der Waals surface area contributed by atoms with Gasteiger partial charge < -0.3 is 9.30 Å². The first kappa shape index (κ1) is 21.7. The van der Waals surface area contributed by atoms with Crippen LogP contribution in [0.2, 0.25) is 0 Å². The van der Waals surface area contributed by atoms with Crippen LogP contribution in [-0.4, -0.2) is 43.3 Å². The monoisotopic (exact) mass is 524 g/mol. The summed E-state index contributed by atoms with van der Waals surface area (Å²) < 4.78 is 31.6. The molecule has 0 saturated carbocycles. The van der Waals surface area contributed by atoms with Crippen LogP contribution in [0.5, 0.6) is 0 Å². The van der Waals surface area contributed by atoms with Crippen LogP contribution in [0.25, 0.3) is 0 Å². The molecule has 156 valence electrons. The summed E-state index contributed by atoms with van der Waals surface area (Å²) in [4.78, 5) is 30.5. The summed E-state index contributed by atoms with van der Waals surface area (Å²) in [5, 5.41) is 0. The minimum Gasteiger partial charge on any atom is -0.350 e. The zero-order chi connectivity index (χ0) is 20.2. The van der Waals surface area contributed by atoms with Crippen LogP contribution in [0, 0.1) is 8.99 Å². The topological polar surface area (TPSA) is 104 Å². The number of aryl methyl sites for hydroxylation is 1. The van der Waals surface area contributed by atoms with Crippen molar-refractivity contribution in [3.8, 4) is 0 Å². The predicted molar refractivity (Wildman–Crippen MR) is 111 cm³/mol. The number of carbonyl (C=O) groups excluding carboxylic acids is 1. The third-order valence-electron chi connectivity index (χ3n) is 5.48. The molecule has 0 aromatic carbocycles. The molecule has 2 aliphatic heterocycles. The summed E-state index contributed by atoms with van der Waals surface area (Å²) in [6.45, 7) is 0.933. The van der Waals surface area contributed by atoms with Crippen LogP contribution in [0.15, 0.2) is 23.1 Å². The fourth-order valence-electron chi connectivity index (χ4n) is 3.55. The van der Waals surface area contributed by atoms with Crippen molar-refractivity contribution in [2.45, 2.75) is 51.4 Å². The van der Waals surface area contributed by atoms with Gasteiger partial charge in [-0.05, 0) is 60.8 Å². The molecule has 3 rings (SSSR count). The Morgan fingerprint density at radius 2 is 2.11 bits per heavy atom. The van der Waals surface area contributed by atoms with E-state index < -0.39 is 21.5 Å². The second-order valence-corrected chi connectivity index (χ2v) is 11.0. The van der Waals surface area contributed by atoms with E-state index in [9.17, 15) is 18.0 Å². The summed E-state index contributed by atoms with van der Waals surface area (Å²) in [7, 11) is -3.13. The lowest BCUT2D eigenvalue weighted by Crippen LogP contribution is -2.48. The van der Waals surface area contributed by atoms with Crippen molar-refractivity contribution >= 4 is 38.3 Å². The fourth-order valence-corrected chi connectivity index (χ4v) is 5.59. The average molecular weight is 524 g/mol. The number of aromatic nitrogens is 1. The number of hydrogen-bond donors (Lipinski definition) is 1. The van der Waals surface area contributed by atoms with Gasteiger partial charge >= 0.3 is 0 Å². The third-order valence-corrected chi connectivity index (χ3v) is 7.80. The molecule has 1 aromatic heterocycles. The molecule has 0 bridgehead atoms. The van der Waals surface area contributed by atoms with Gasteiger partial charge in [0.2, 0.25) is 5.91 Å². The van der Waals surface area contributed by atoms with Crippen molar-refractivity contribution in [1.29, 1.82) is 0 Å². The number of nitrogens with zero attached hydrogens (tertiary/aromatic N) is 1. The van der Waals surface area contributed by atoms with Gasteiger partial charge in [-0.15, -0.1) is 0 Å². The molecule has 28 heavy (non-hydrogen) atoms. The van der Waals surface area contributed by atoms with Gasteiger partial charge in [-0.3, -0.25) is 9.59 Å². The van der Waals surface area contributed by atoms with Crippen molar-refractivity contribution in [2.24, 2.45) is 5.41 Å². The van der Waals surface area contributed by atoms with Crippen molar-refractivity contribution in [1.82, 2.24) is 10.0 Å². The molecule has 2 fully saturated rings. The van der Waals surface area contributed by atoms with Gasteiger partial charge in [0, 0.05) is 35.4 Å². The van der Waals surface area contributed by atoms with E-state index in [1.54, 1.807) is 10.8 Å². The molecule has 1 unspecified atom stereocenters. The number of halogens is 1. The SMILES string of the molecule is O=C(NOC1CCCCO1)C1(CCn2ccc(I)cc2=O)CCS(=O)(=O)CC1. The first-order chi connectivity index (χ1) is 13.3. The Labute approximate surface area is 178 Å². The summed E-state index contributed by atoms with van der Waals surface area (Å²) in [6.07, 6.45) is 4.68. The largest absolute Gasteiger partial charge is 0.350 e. The highest BCUT2D eigenvalue weighted by molar-refractivity contribution is 14.1. The van der Waals surface area contributed by atoms with Gasteiger partial charge in [-0.1, -0.05) is 0 Å². The Morgan fingerprint density at radius 1 is 1.36 bits per heavy atom. The number of sulfone groups is 1. The molecule has 2 saturated heterocycles. The number of hydroxylamine groups is 1. The Morgan fingerprint density at radius 3 is 2.75 bits per heavy atom. The van der Waals surface area contributed by atoms with Crippen molar-refractivity contribution in [2.75, 3.05) is 18.1 Å². The number of rotatable bonds is 6. The molecule has 1 N–H and O–H groups in total. The van der Waals surface area contributed by atoms with E-state index in [1.165, 1.54) is 6.07 Å². The lowest BCUT2D eigenvalue weighted by Gasteiger charge is -2.36. The first-order valence-electron chi connectivity index (χ1n) is 9.44. The maximum Gasteiger partial charge on any atom is 0.251 e. The predicted octanol–water partition coefficient (Wildman–Crippen LogP) is 1.61. The van der Waals surface area contributed by atoms with E-state index in [0.29, 0.717) is 26.0 Å². The second kappa shape index (κ2) is 9.23. The van der Waals surface area contributed by atoms with E-state index in [-0.39, 0.29) is 35.8 Å². The van der Waals surface area contributed by atoms with Crippen LogP contribution >= 0.6 is 22.6 Å². The number of nitrogens with one attached hydrogen (secondary N) is 1. The zero-order valence-electron chi connectivity index (χ0n) is 15.6. The highest BCUT2D eigenvalue weighted by Crippen LogP contribution is 2.37. The Hall–Kier alpha value is -0.980. The highest BCUT2D eigenvalue weighted by atomic mass is 127. The molecule has 2 aliphatic rings. The Balaban J connectivity index is 1.69.